The van der Waals surface area contributed by atoms with E-state index in [1.165, 1.54) is 12.1 Å². The van der Waals surface area contributed by atoms with Gasteiger partial charge < -0.3 is 9.15 Å². The topological polar surface area (TPSA) is 22.4 Å². The van der Waals surface area contributed by atoms with Gasteiger partial charge in [-0.2, -0.15) is 0 Å². The highest BCUT2D eigenvalue weighted by atomic mass is 35.5. The Morgan fingerprint density at radius 1 is 1.05 bits per heavy atom. The van der Waals surface area contributed by atoms with Gasteiger partial charge in [-0.3, -0.25) is 0 Å². The fourth-order valence-corrected chi connectivity index (χ4v) is 2.01. The quantitative estimate of drug-likeness (QED) is 0.685. The first-order chi connectivity index (χ1) is 9.20. The van der Waals surface area contributed by atoms with Crippen molar-refractivity contribution >= 4 is 22.6 Å². The monoisotopic (exact) mass is 276 g/mol. The van der Waals surface area contributed by atoms with Crippen LogP contribution in [-0.2, 0) is 6.61 Å². The largest absolute Gasteiger partial charge is 0.486 e. The summed E-state index contributed by atoms with van der Waals surface area (Å²) in [6.45, 7) is 0.290. The lowest BCUT2D eigenvalue weighted by Crippen LogP contribution is -1.93. The Balaban J connectivity index is 1.76. The van der Waals surface area contributed by atoms with E-state index in [1.807, 2.05) is 18.2 Å². The molecule has 0 amide bonds. The summed E-state index contributed by atoms with van der Waals surface area (Å²) in [5.41, 5.74) is 0.766. The first-order valence-electron chi connectivity index (χ1n) is 5.77. The predicted molar refractivity (Wildman–Crippen MR) is 72.0 cm³/mol. The maximum atomic E-state index is 12.7. The van der Waals surface area contributed by atoms with E-state index in [1.54, 1.807) is 18.2 Å². The van der Waals surface area contributed by atoms with Crippen molar-refractivity contribution in [3.05, 3.63) is 65.1 Å². The molecule has 0 radical (unpaired) electrons. The summed E-state index contributed by atoms with van der Waals surface area (Å²) >= 11 is 5.91. The van der Waals surface area contributed by atoms with Crippen LogP contribution in [0.1, 0.15) is 5.76 Å². The van der Waals surface area contributed by atoms with Gasteiger partial charge in [0.25, 0.3) is 0 Å². The minimum absolute atomic E-state index is 0.286. The van der Waals surface area contributed by atoms with Crippen molar-refractivity contribution in [2.75, 3.05) is 0 Å². The maximum absolute atomic E-state index is 12.7. The number of hydrogen-bond acceptors (Lipinski definition) is 2. The highest BCUT2D eigenvalue weighted by Gasteiger charge is 2.05. The van der Waals surface area contributed by atoms with Crippen molar-refractivity contribution in [1.29, 1.82) is 0 Å². The zero-order valence-corrected chi connectivity index (χ0v) is 10.7. The molecule has 4 heteroatoms. The first kappa shape index (κ1) is 12.1. The summed E-state index contributed by atoms with van der Waals surface area (Å²) in [6.07, 6.45) is 0. The molecule has 0 fully saturated rings. The molecule has 0 aliphatic heterocycles. The smallest absolute Gasteiger partial charge is 0.146 e. The molecule has 0 N–H and O–H groups in total. The average Bonchev–Trinajstić information content (AvgIpc) is 2.80. The van der Waals surface area contributed by atoms with Crippen LogP contribution in [0.15, 0.2) is 52.9 Å². The van der Waals surface area contributed by atoms with Gasteiger partial charge >= 0.3 is 0 Å². The van der Waals surface area contributed by atoms with E-state index in [4.69, 9.17) is 20.8 Å². The van der Waals surface area contributed by atoms with E-state index in [2.05, 4.69) is 0 Å². The van der Waals surface area contributed by atoms with Gasteiger partial charge in [-0.1, -0.05) is 11.6 Å². The first-order valence-corrected chi connectivity index (χ1v) is 6.15. The molecule has 0 spiro atoms. The molecule has 1 heterocycles. The summed E-state index contributed by atoms with van der Waals surface area (Å²) in [5.74, 6) is 1.01. The second-order valence-corrected chi connectivity index (χ2v) is 4.57. The fourth-order valence-electron chi connectivity index (χ4n) is 1.83. The molecule has 0 aliphatic rings. The summed E-state index contributed by atoms with van der Waals surface area (Å²) in [6, 6.07) is 13.2. The highest BCUT2D eigenvalue weighted by molar-refractivity contribution is 6.31. The highest BCUT2D eigenvalue weighted by Crippen LogP contribution is 2.24. The summed E-state index contributed by atoms with van der Waals surface area (Å²) in [5, 5.41) is 1.60. The van der Waals surface area contributed by atoms with Crippen molar-refractivity contribution in [2.45, 2.75) is 6.61 Å². The summed E-state index contributed by atoms with van der Waals surface area (Å²) in [7, 11) is 0. The van der Waals surface area contributed by atoms with Crippen molar-refractivity contribution in [3.8, 4) is 5.75 Å². The molecule has 0 unspecified atom stereocenters. The molecule has 0 bridgehead atoms. The van der Waals surface area contributed by atoms with Crippen LogP contribution < -0.4 is 4.74 Å². The standard InChI is InChI=1S/C15H10ClFO2/c16-11-1-6-15-10(7-11)8-14(19-15)9-18-13-4-2-12(17)3-5-13/h1-8H,9H2. The Hall–Kier alpha value is -2.00. The third-order valence-electron chi connectivity index (χ3n) is 2.72. The summed E-state index contributed by atoms with van der Waals surface area (Å²) < 4.78 is 23.9. The van der Waals surface area contributed by atoms with E-state index in [-0.39, 0.29) is 12.4 Å². The van der Waals surface area contributed by atoms with E-state index in [9.17, 15) is 4.39 Å². The van der Waals surface area contributed by atoms with E-state index < -0.39 is 0 Å². The maximum Gasteiger partial charge on any atom is 0.146 e. The second kappa shape index (κ2) is 4.94. The molecule has 2 nitrogen and oxygen atoms in total. The van der Waals surface area contributed by atoms with Crippen molar-refractivity contribution in [2.24, 2.45) is 0 Å². The molecule has 3 rings (SSSR count). The number of hydrogen-bond donors (Lipinski definition) is 0. The zero-order valence-electron chi connectivity index (χ0n) is 9.90. The molecule has 19 heavy (non-hydrogen) atoms. The SMILES string of the molecule is Fc1ccc(OCc2cc3cc(Cl)ccc3o2)cc1. The fraction of sp³-hybridized carbons (Fsp3) is 0.0667. The number of ether oxygens (including phenoxy) is 1. The Morgan fingerprint density at radius 3 is 2.63 bits per heavy atom. The average molecular weight is 277 g/mol. The van der Waals surface area contributed by atoms with Gasteiger partial charge in [0.1, 0.15) is 29.5 Å². The van der Waals surface area contributed by atoms with Crippen LogP contribution in [0.25, 0.3) is 11.0 Å². The molecule has 0 saturated heterocycles. The Labute approximate surface area is 114 Å². The van der Waals surface area contributed by atoms with Gasteiger partial charge in [0.05, 0.1) is 0 Å². The third kappa shape index (κ3) is 2.71. The van der Waals surface area contributed by atoms with Crippen LogP contribution in [-0.4, -0.2) is 0 Å². The molecule has 96 valence electrons. The molecular formula is C15H10ClFO2. The van der Waals surface area contributed by atoms with Crippen LogP contribution in [0, 0.1) is 5.82 Å². The molecular weight excluding hydrogens is 267 g/mol. The minimum atomic E-state index is -0.286. The van der Waals surface area contributed by atoms with Crippen LogP contribution in [0.4, 0.5) is 4.39 Å². The van der Waals surface area contributed by atoms with Crippen molar-refractivity contribution in [3.63, 3.8) is 0 Å². The predicted octanol–water partition coefficient (Wildman–Crippen LogP) is 4.80. The van der Waals surface area contributed by atoms with Crippen LogP contribution >= 0.6 is 11.6 Å². The van der Waals surface area contributed by atoms with Crippen LogP contribution in [0.2, 0.25) is 5.02 Å². The molecule has 0 aliphatic carbocycles. The van der Waals surface area contributed by atoms with E-state index in [0.29, 0.717) is 16.5 Å². The van der Waals surface area contributed by atoms with Crippen molar-refractivity contribution < 1.29 is 13.5 Å². The van der Waals surface area contributed by atoms with Gasteiger partial charge in [0, 0.05) is 10.4 Å². The molecule has 2 aromatic carbocycles. The lowest BCUT2D eigenvalue weighted by Gasteiger charge is -2.03. The lowest BCUT2D eigenvalue weighted by molar-refractivity contribution is 0.274. The van der Waals surface area contributed by atoms with E-state index >= 15 is 0 Å². The van der Waals surface area contributed by atoms with E-state index in [0.717, 1.165) is 11.0 Å². The molecule has 0 atom stereocenters. The Bertz CT molecular complexity index is 704. The number of fused-ring (bicyclic) bond motifs is 1. The van der Waals surface area contributed by atoms with Crippen LogP contribution in [0.5, 0.6) is 5.75 Å². The van der Waals surface area contributed by atoms with Gasteiger partial charge in [-0.15, -0.1) is 0 Å². The lowest BCUT2D eigenvalue weighted by atomic mass is 10.2. The molecule has 1 aromatic heterocycles. The number of benzene rings is 2. The normalized spacial score (nSPS) is 10.8. The van der Waals surface area contributed by atoms with Gasteiger partial charge in [-0.25, -0.2) is 4.39 Å². The Morgan fingerprint density at radius 2 is 1.84 bits per heavy atom. The second-order valence-electron chi connectivity index (χ2n) is 4.14. The number of furan rings is 1. The number of halogens is 2. The van der Waals surface area contributed by atoms with Crippen molar-refractivity contribution in [1.82, 2.24) is 0 Å². The van der Waals surface area contributed by atoms with Gasteiger partial charge in [0.15, 0.2) is 0 Å². The summed E-state index contributed by atoms with van der Waals surface area (Å²) in [4.78, 5) is 0. The molecule has 0 saturated carbocycles. The van der Waals surface area contributed by atoms with Gasteiger partial charge in [-0.05, 0) is 48.5 Å². The Kier molecular flexibility index (Phi) is 3.13. The molecule has 3 aromatic rings. The number of rotatable bonds is 3. The third-order valence-corrected chi connectivity index (χ3v) is 2.96. The van der Waals surface area contributed by atoms with Crippen LogP contribution in [0.3, 0.4) is 0 Å². The van der Waals surface area contributed by atoms with Gasteiger partial charge in [0.2, 0.25) is 0 Å². The minimum Gasteiger partial charge on any atom is -0.486 e. The zero-order chi connectivity index (χ0) is 13.2.